The van der Waals surface area contributed by atoms with Crippen LogP contribution in [0.1, 0.15) is 18.4 Å². The first-order valence-corrected chi connectivity index (χ1v) is 9.87. The van der Waals surface area contributed by atoms with Crippen LogP contribution in [0.5, 0.6) is 0 Å². The van der Waals surface area contributed by atoms with Gasteiger partial charge in [0.15, 0.2) is 0 Å². The van der Waals surface area contributed by atoms with Gasteiger partial charge in [-0.25, -0.2) is 5.01 Å². The number of amides is 1. The number of carbonyl (C=O) groups excluding carboxylic acids is 1. The van der Waals surface area contributed by atoms with Crippen molar-refractivity contribution in [2.24, 2.45) is 5.10 Å². The molecule has 1 atom stereocenters. The number of halogens is 1. The van der Waals surface area contributed by atoms with Crippen LogP contribution >= 0.6 is 11.6 Å². The Hall–Kier alpha value is -3.19. The van der Waals surface area contributed by atoms with Crippen LogP contribution in [0.25, 0.3) is 11.4 Å². The van der Waals surface area contributed by atoms with Gasteiger partial charge in [0.2, 0.25) is 11.7 Å². The van der Waals surface area contributed by atoms with Crippen LogP contribution in [0.3, 0.4) is 0 Å². The average molecular weight is 408 g/mol. The van der Waals surface area contributed by atoms with Crippen LogP contribution < -0.4 is 5.01 Å². The summed E-state index contributed by atoms with van der Waals surface area (Å²) in [5.41, 5.74) is 2.59. The average Bonchev–Trinajstić information content (AvgIpc) is 3.48. The zero-order chi connectivity index (χ0) is 19.8. The van der Waals surface area contributed by atoms with Gasteiger partial charge in [-0.2, -0.15) is 10.1 Å². The predicted octanol–water partition coefficient (Wildman–Crippen LogP) is 3.61. The van der Waals surface area contributed by atoms with Gasteiger partial charge in [0.25, 0.3) is 0 Å². The first-order chi connectivity index (χ1) is 14.2. The number of carbonyl (C=O) groups is 1. The first-order valence-electron chi connectivity index (χ1n) is 9.49. The lowest BCUT2D eigenvalue weighted by molar-refractivity contribution is -0.128. The molecular weight excluding hydrogens is 390 g/mol. The van der Waals surface area contributed by atoms with Crippen molar-refractivity contribution in [3.05, 3.63) is 65.2 Å². The molecule has 3 heterocycles. The molecule has 1 aromatic heterocycles. The number of nitrogens with zero attached hydrogens (tertiary/aromatic N) is 5. The Kier molecular flexibility index (Phi) is 4.52. The van der Waals surface area contributed by atoms with E-state index in [0.29, 0.717) is 29.8 Å². The van der Waals surface area contributed by atoms with Gasteiger partial charge in [0, 0.05) is 29.1 Å². The van der Waals surface area contributed by atoms with Crippen LogP contribution in [-0.4, -0.2) is 45.8 Å². The quantitative estimate of drug-likeness (QED) is 0.660. The third kappa shape index (κ3) is 3.38. The normalized spacial score (nSPS) is 19.1. The van der Waals surface area contributed by atoms with E-state index in [-0.39, 0.29) is 11.9 Å². The Bertz CT molecular complexity index is 1060. The molecular formula is C21H18ClN5O2. The number of aromatic nitrogens is 2. The Morgan fingerprint density at radius 2 is 1.83 bits per heavy atom. The Morgan fingerprint density at radius 3 is 2.55 bits per heavy atom. The van der Waals surface area contributed by atoms with E-state index in [1.165, 1.54) is 0 Å². The number of rotatable bonds is 4. The standard InChI is InChI=1S/C21H18ClN5O2/c22-16-10-8-14(9-11-16)19-17(26-12-4-7-18(26)28)13-27(24-19)21-23-20(25-29-21)15-5-2-1-3-6-15/h1-3,5-6,8-11,17H,4,7,12-13H2. The summed E-state index contributed by atoms with van der Waals surface area (Å²) >= 11 is 6.04. The summed E-state index contributed by atoms with van der Waals surface area (Å²) in [7, 11) is 0. The molecule has 1 saturated heterocycles. The highest BCUT2D eigenvalue weighted by Gasteiger charge is 2.39. The minimum atomic E-state index is -0.168. The van der Waals surface area contributed by atoms with Crippen molar-refractivity contribution >= 4 is 29.2 Å². The Labute approximate surface area is 172 Å². The van der Waals surface area contributed by atoms with Gasteiger partial charge in [0.1, 0.15) is 0 Å². The molecule has 0 saturated carbocycles. The molecule has 0 spiro atoms. The van der Waals surface area contributed by atoms with E-state index in [0.717, 1.165) is 29.8 Å². The van der Waals surface area contributed by atoms with Crippen molar-refractivity contribution in [1.82, 2.24) is 15.0 Å². The Balaban J connectivity index is 1.49. The van der Waals surface area contributed by atoms with Gasteiger partial charge in [-0.1, -0.05) is 59.2 Å². The number of benzene rings is 2. The molecule has 0 N–H and O–H groups in total. The lowest BCUT2D eigenvalue weighted by atomic mass is 10.0. The van der Waals surface area contributed by atoms with E-state index < -0.39 is 0 Å². The van der Waals surface area contributed by atoms with E-state index in [1.54, 1.807) is 5.01 Å². The lowest BCUT2D eigenvalue weighted by Crippen LogP contribution is -2.44. The molecule has 2 aliphatic heterocycles. The van der Waals surface area contributed by atoms with Gasteiger partial charge in [0.05, 0.1) is 18.3 Å². The van der Waals surface area contributed by atoms with Crippen LogP contribution in [0, 0.1) is 0 Å². The molecule has 1 fully saturated rings. The van der Waals surface area contributed by atoms with Crippen molar-refractivity contribution in [3.8, 4) is 11.4 Å². The van der Waals surface area contributed by atoms with E-state index in [1.807, 2.05) is 59.5 Å². The third-order valence-electron chi connectivity index (χ3n) is 5.18. The molecule has 5 rings (SSSR count). The molecule has 2 aromatic carbocycles. The molecule has 2 aliphatic rings. The summed E-state index contributed by atoms with van der Waals surface area (Å²) in [5.74, 6) is 0.651. The topological polar surface area (TPSA) is 74.8 Å². The lowest BCUT2D eigenvalue weighted by Gasteiger charge is -2.25. The minimum Gasteiger partial charge on any atom is -0.332 e. The number of likely N-dealkylation sites (tertiary alicyclic amines) is 1. The molecule has 0 radical (unpaired) electrons. The van der Waals surface area contributed by atoms with Gasteiger partial charge in [-0.3, -0.25) is 4.79 Å². The van der Waals surface area contributed by atoms with Crippen molar-refractivity contribution in [3.63, 3.8) is 0 Å². The van der Waals surface area contributed by atoms with Gasteiger partial charge in [-0.05, 0) is 18.6 Å². The summed E-state index contributed by atoms with van der Waals surface area (Å²) in [6.07, 6.45) is 1.44. The minimum absolute atomic E-state index is 0.147. The van der Waals surface area contributed by atoms with Crippen molar-refractivity contribution in [2.75, 3.05) is 18.1 Å². The molecule has 1 unspecified atom stereocenters. The zero-order valence-corrected chi connectivity index (χ0v) is 16.3. The highest BCUT2D eigenvalue weighted by Crippen LogP contribution is 2.28. The van der Waals surface area contributed by atoms with Crippen LogP contribution in [0.15, 0.2) is 64.2 Å². The number of anilines is 1. The molecule has 29 heavy (non-hydrogen) atoms. The molecule has 0 bridgehead atoms. The Morgan fingerprint density at radius 1 is 1.03 bits per heavy atom. The predicted molar refractivity (Wildman–Crippen MR) is 110 cm³/mol. The van der Waals surface area contributed by atoms with E-state index >= 15 is 0 Å². The second-order valence-electron chi connectivity index (χ2n) is 7.05. The second-order valence-corrected chi connectivity index (χ2v) is 7.48. The van der Waals surface area contributed by atoms with Crippen LogP contribution in [0.2, 0.25) is 5.02 Å². The summed E-state index contributed by atoms with van der Waals surface area (Å²) in [4.78, 5) is 18.8. The molecule has 0 aliphatic carbocycles. The van der Waals surface area contributed by atoms with Crippen LogP contribution in [0.4, 0.5) is 6.01 Å². The number of hydrazone groups is 1. The molecule has 7 nitrogen and oxygen atoms in total. The number of hydrogen-bond donors (Lipinski definition) is 0. The molecule has 8 heteroatoms. The van der Waals surface area contributed by atoms with Gasteiger partial charge < -0.3 is 9.42 Å². The first kappa shape index (κ1) is 17.9. The molecule has 146 valence electrons. The summed E-state index contributed by atoms with van der Waals surface area (Å²) in [6.45, 7) is 1.20. The summed E-state index contributed by atoms with van der Waals surface area (Å²) in [6, 6.07) is 17.3. The zero-order valence-electron chi connectivity index (χ0n) is 15.5. The largest absolute Gasteiger partial charge is 0.344 e. The monoisotopic (exact) mass is 407 g/mol. The molecule has 3 aromatic rings. The van der Waals surface area contributed by atoms with Gasteiger partial charge >= 0.3 is 6.01 Å². The fourth-order valence-electron chi connectivity index (χ4n) is 3.75. The smallest absolute Gasteiger partial charge is 0.332 e. The van der Waals surface area contributed by atoms with Gasteiger partial charge in [-0.15, -0.1) is 0 Å². The van der Waals surface area contributed by atoms with E-state index in [9.17, 15) is 4.79 Å². The fraction of sp³-hybridized carbons (Fsp3) is 0.238. The maximum Gasteiger partial charge on any atom is 0.344 e. The molecule has 1 amide bonds. The summed E-state index contributed by atoms with van der Waals surface area (Å²) in [5, 5.41) is 11.2. The maximum absolute atomic E-state index is 12.4. The van der Waals surface area contributed by atoms with Crippen molar-refractivity contribution in [1.29, 1.82) is 0 Å². The highest BCUT2D eigenvalue weighted by atomic mass is 35.5. The highest BCUT2D eigenvalue weighted by molar-refractivity contribution is 6.30. The summed E-state index contributed by atoms with van der Waals surface area (Å²) < 4.78 is 5.48. The van der Waals surface area contributed by atoms with Crippen molar-refractivity contribution < 1.29 is 9.32 Å². The fourth-order valence-corrected chi connectivity index (χ4v) is 3.87. The van der Waals surface area contributed by atoms with Crippen molar-refractivity contribution in [2.45, 2.75) is 18.9 Å². The second kappa shape index (κ2) is 7.33. The third-order valence-corrected chi connectivity index (χ3v) is 5.44. The maximum atomic E-state index is 12.4. The number of hydrogen-bond acceptors (Lipinski definition) is 6. The van der Waals surface area contributed by atoms with E-state index in [4.69, 9.17) is 21.2 Å². The van der Waals surface area contributed by atoms with E-state index in [2.05, 4.69) is 10.1 Å². The van der Waals surface area contributed by atoms with Crippen LogP contribution in [-0.2, 0) is 4.79 Å². The SMILES string of the molecule is O=C1CCCN1C1CN(c2nc(-c3ccccc3)no2)N=C1c1ccc(Cl)cc1.